The van der Waals surface area contributed by atoms with Crippen molar-refractivity contribution in [1.29, 1.82) is 0 Å². The first-order chi connectivity index (χ1) is 8.78. The highest BCUT2D eigenvalue weighted by Crippen LogP contribution is 2.12. The third kappa shape index (κ3) is 6.10. The van der Waals surface area contributed by atoms with Gasteiger partial charge >= 0.3 is 6.18 Å². The summed E-state index contributed by atoms with van der Waals surface area (Å²) in [5.41, 5.74) is 0.782. The standard InChI is InChI=1S/C12H15F3N2O2/c1-17(7-9-2-4-10(18)5-3-9)11(19)6-16-8-12(13,14)15/h2-5,16,18H,6-8H2,1H3. The van der Waals surface area contributed by atoms with Gasteiger partial charge in [-0.25, -0.2) is 0 Å². The summed E-state index contributed by atoms with van der Waals surface area (Å²) in [6.45, 7) is -1.29. The molecule has 0 spiro atoms. The van der Waals surface area contributed by atoms with E-state index in [9.17, 15) is 18.0 Å². The molecule has 2 N–H and O–H groups in total. The number of amides is 1. The zero-order chi connectivity index (χ0) is 14.5. The fraction of sp³-hybridized carbons (Fsp3) is 0.417. The van der Waals surface area contributed by atoms with Crippen molar-refractivity contribution in [2.45, 2.75) is 12.7 Å². The Morgan fingerprint density at radius 1 is 1.32 bits per heavy atom. The molecular formula is C12H15F3N2O2. The van der Waals surface area contributed by atoms with Gasteiger partial charge in [0.15, 0.2) is 0 Å². The minimum Gasteiger partial charge on any atom is -0.508 e. The monoisotopic (exact) mass is 276 g/mol. The lowest BCUT2D eigenvalue weighted by molar-refractivity contribution is -0.133. The topological polar surface area (TPSA) is 52.6 Å². The van der Waals surface area contributed by atoms with Gasteiger partial charge in [-0.15, -0.1) is 0 Å². The van der Waals surface area contributed by atoms with Crippen LogP contribution in [0, 0.1) is 0 Å². The number of likely N-dealkylation sites (N-methyl/N-ethyl adjacent to an activating group) is 1. The largest absolute Gasteiger partial charge is 0.508 e. The van der Waals surface area contributed by atoms with Gasteiger partial charge in [0.05, 0.1) is 13.1 Å². The Morgan fingerprint density at radius 3 is 2.42 bits per heavy atom. The number of aromatic hydroxyl groups is 1. The molecule has 0 saturated carbocycles. The van der Waals surface area contributed by atoms with Crippen molar-refractivity contribution in [2.75, 3.05) is 20.1 Å². The van der Waals surface area contributed by atoms with Gasteiger partial charge in [0.2, 0.25) is 5.91 Å². The van der Waals surface area contributed by atoms with E-state index in [1.54, 1.807) is 12.1 Å². The van der Waals surface area contributed by atoms with Gasteiger partial charge in [-0.05, 0) is 17.7 Å². The van der Waals surface area contributed by atoms with E-state index in [0.717, 1.165) is 5.56 Å². The first-order valence-corrected chi connectivity index (χ1v) is 5.57. The van der Waals surface area contributed by atoms with E-state index in [1.807, 2.05) is 5.32 Å². The molecule has 19 heavy (non-hydrogen) atoms. The normalized spacial score (nSPS) is 11.4. The smallest absolute Gasteiger partial charge is 0.401 e. The predicted molar refractivity (Wildman–Crippen MR) is 63.5 cm³/mol. The van der Waals surface area contributed by atoms with Crippen LogP contribution in [0.3, 0.4) is 0 Å². The number of carbonyl (C=O) groups is 1. The fourth-order valence-corrected chi connectivity index (χ4v) is 1.41. The number of nitrogens with one attached hydrogen (secondary N) is 1. The summed E-state index contributed by atoms with van der Waals surface area (Å²) in [7, 11) is 1.50. The summed E-state index contributed by atoms with van der Waals surface area (Å²) < 4.78 is 35.6. The van der Waals surface area contributed by atoms with Crippen molar-refractivity contribution >= 4 is 5.91 Å². The molecule has 0 atom stereocenters. The molecule has 0 bridgehead atoms. The van der Waals surface area contributed by atoms with Crippen LogP contribution in [0.5, 0.6) is 5.75 Å². The maximum atomic E-state index is 11.9. The summed E-state index contributed by atoms with van der Waals surface area (Å²) in [4.78, 5) is 12.9. The lowest BCUT2D eigenvalue weighted by Crippen LogP contribution is -2.38. The molecule has 0 aliphatic rings. The Hall–Kier alpha value is -1.76. The number of alkyl halides is 3. The second-order valence-electron chi connectivity index (χ2n) is 4.13. The van der Waals surface area contributed by atoms with Crippen molar-refractivity contribution in [2.24, 2.45) is 0 Å². The molecule has 7 heteroatoms. The molecule has 0 heterocycles. The van der Waals surface area contributed by atoms with Gasteiger partial charge in [-0.2, -0.15) is 13.2 Å². The Kier molecular flexibility index (Phi) is 5.17. The number of hydrogen-bond donors (Lipinski definition) is 2. The van der Waals surface area contributed by atoms with E-state index in [0.29, 0.717) is 0 Å². The summed E-state index contributed by atoms with van der Waals surface area (Å²) in [5, 5.41) is 11.1. The van der Waals surface area contributed by atoms with Gasteiger partial charge in [0.1, 0.15) is 5.75 Å². The van der Waals surface area contributed by atoms with Crippen molar-refractivity contribution < 1.29 is 23.1 Å². The minimum absolute atomic E-state index is 0.115. The second kappa shape index (κ2) is 6.42. The van der Waals surface area contributed by atoms with Crippen LogP contribution in [0.1, 0.15) is 5.56 Å². The van der Waals surface area contributed by atoms with Gasteiger partial charge in [-0.3, -0.25) is 4.79 Å². The lowest BCUT2D eigenvalue weighted by Gasteiger charge is -2.18. The molecular weight excluding hydrogens is 261 g/mol. The molecule has 0 aliphatic carbocycles. The van der Waals surface area contributed by atoms with Crippen molar-refractivity contribution in [3.8, 4) is 5.75 Å². The zero-order valence-corrected chi connectivity index (χ0v) is 10.4. The van der Waals surface area contributed by atoms with Gasteiger partial charge in [-0.1, -0.05) is 12.1 Å². The van der Waals surface area contributed by atoms with Crippen LogP contribution in [0.25, 0.3) is 0 Å². The molecule has 106 valence electrons. The number of halogens is 3. The lowest BCUT2D eigenvalue weighted by atomic mass is 10.2. The number of phenols is 1. The first-order valence-electron chi connectivity index (χ1n) is 5.57. The van der Waals surface area contributed by atoms with Gasteiger partial charge < -0.3 is 15.3 Å². The number of phenolic OH excluding ortho intramolecular Hbond substituents is 1. The molecule has 0 aliphatic heterocycles. The second-order valence-corrected chi connectivity index (χ2v) is 4.13. The van der Waals surface area contributed by atoms with Crippen LogP contribution < -0.4 is 5.32 Å². The van der Waals surface area contributed by atoms with E-state index in [2.05, 4.69) is 0 Å². The minimum atomic E-state index is -4.32. The fourth-order valence-electron chi connectivity index (χ4n) is 1.41. The molecule has 1 aromatic rings. The molecule has 0 fully saturated rings. The summed E-state index contributed by atoms with van der Waals surface area (Å²) >= 11 is 0. The maximum Gasteiger partial charge on any atom is 0.401 e. The quantitative estimate of drug-likeness (QED) is 0.857. The maximum absolute atomic E-state index is 11.9. The third-order valence-electron chi connectivity index (χ3n) is 2.38. The zero-order valence-electron chi connectivity index (χ0n) is 10.4. The number of hydrogen-bond acceptors (Lipinski definition) is 3. The molecule has 1 rings (SSSR count). The van der Waals surface area contributed by atoms with E-state index in [-0.39, 0.29) is 18.8 Å². The average molecular weight is 276 g/mol. The first kappa shape index (κ1) is 15.3. The number of nitrogens with zero attached hydrogens (tertiary/aromatic N) is 1. The Morgan fingerprint density at radius 2 is 1.89 bits per heavy atom. The SMILES string of the molecule is CN(Cc1ccc(O)cc1)C(=O)CNCC(F)(F)F. The predicted octanol–water partition coefficient (Wildman–Crippen LogP) is 1.50. The van der Waals surface area contributed by atoms with Gasteiger partial charge in [0.25, 0.3) is 0 Å². The number of rotatable bonds is 5. The third-order valence-corrected chi connectivity index (χ3v) is 2.38. The molecule has 0 unspecified atom stereocenters. The Bertz CT molecular complexity index is 418. The highest BCUT2D eigenvalue weighted by Gasteiger charge is 2.26. The molecule has 0 saturated heterocycles. The van der Waals surface area contributed by atoms with Crippen LogP contribution in [0.2, 0.25) is 0 Å². The summed E-state index contributed by atoms with van der Waals surface area (Å²) in [5.74, 6) is -0.318. The molecule has 1 aromatic carbocycles. The van der Waals surface area contributed by atoms with Crippen molar-refractivity contribution in [3.63, 3.8) is 0 Å². The van der Waals surface area contributed by atoms with Crippen LogP contribution in [0.4, 0.5) is 13.2 Å². The van der Waals surface area contributed by atoms with Crippen LogP contribution in [-0.4, -0.2) is 42.2 Å². The summed E-state index contributed by atoms with van der Waals surface area (Å²) in [6, 6.07) is 6.25. The molecule has 1 amide bonds. The van der Waals surface area contributed by atoms with Crippen molar-refractivity contribution in [1.82, 2.24) is 10.2 Å². The number of benzene rings is 1. The highest BCUT2D eigenvalue weighted by atomic mass is 19.4. The molecule has 0 radical (unpaired) electrons. The van der Waals surface area contributed by atoms with E-state index in [1.165, 1.54) is 24.1 Å². The van der Waals surface area contributed by atoms with Gasteiger partial charge in [0, 0.05) is 13.6 Å². The van der Waals surface area contributed by atoms with Crippen LogP contribution in [-0.2, 0) is 11.3 Å². The van der Waals surface area contributed by atoms with E-state index < -0.39 is 18.6 Å². The highest BCUT2D eigenvalue weighted by molar-refractivity contribution is 5.77. The average Bonchev–Trinajstić information content (AvgIpc) is 2.30. The summed E-state index contributed by atoms with van der Waals surface area (Å²) in [6.07, 6.45) is -4.32. The Balaban J connectivity index is 2.38. The van der Waals surface area contributed by atoms with Crippen LogP contribution >= 0.6 is 0 Å². The van der Waals surface area contributed by atoms with E-state index >= 15 is 0 Å². The van der Waals surface area contributed by atoms with Crippen molar-refractivity contribution in [3.05, 3.63) is 29.8 Å². The Labute approximate surface area is 108 Å². The molecule has 0 aromatic heterocycles. The van der Waals surface area contributed by atoms with Crippen LogP contribution in [0.15, 0.2) is 24.3 Å². The van der Waals surface area contributed by atoms with E-state index in [4.69, 9.17) is 5.11 Å². The number of carbonyl (C=O) groups excluding carboxylic acids is 1. The molecule has 4 nitrogen and oxygen atoms in total.